The van der Waals surface area contributed by atoms with E-state index in [-0.39, 0.29) is 9.87 Å². The van der Waals surface area contributed by atoms with Crippen LogP contribution in [0.2, 0.25) is 0 Å². The van der Waals surface area contributed by atoms with Crippen molar-refractivity contribution in [2.75, 3.05) is 6.16 Å². The molecular weight excluding hydrogens is 605 g/mol. The molecule has 0 nitrogen and oxygen atoms in total. The summed E-state index contributed by atoms with van der Waals surface area (Å²) in [5.41, 5.74) is 0. The van der Waals surface area contributed by atoms with Crippen LogP contribution in [0.4, 0.5) is 0 Å². The number of halogens is 2. The van der Waals surface area contributed by atoms with E-state index in [1.807, 2.05) is 0 Å². The fourth-order valence-corrected chi connectivity index (χ4v) is 15.2. The molecule has 32 heavy (non-hydrogen) atoms. The van der Waals surface area contributed by atoms with Gasteiger partial charge in [0.2, 0.25) is 0 Å². The molecule has 0 amide bonds. The Morgan fingerprint density at radius 2 is 0.875 bits per heavy atom. The van der Waals surface area contributed by atoms with Crippen molar-refractivity contribution in [1.29, 1.82) is 0 Å². The van der Waals surface area contributed by atoms with Crippen molar-refractivity contribution in [3.63, 3.8) is 0 Å². The van der Waals surface area contributed by atoms with Gasteiger partial charge in [0.1, 0.15) is 0 Å². The second kappa shape index (κ2) is 12.6. The van der Waals surface area contributed by atoms with E-state index in [1.165, 1.54) is 27.4 Å². The minimum atomic E-state index is -0.487. The van der Waals surface area contributed by atoms with Gasteiger partial charge in [-0.2, -0.15) is 0 Å². The summed E-state index contributed by atoms with van der Waals surface area (Å²) in [6.07, 6.45) is 2.34. The Balaban J connectivity index is 1.66. The first-order chi connectivity index (χ1) is 15.7. The normalized spacial score (nSPS) is 12.7. The topological polar surface area (TPSA) is 0 Å². The van der Waals surface area contributed by atoms with Crippen LogP contribution in [-0.4, -0.2) is 10.8 Å². The van der Waals surface area contributed by atoms with Crippen LogP contribution in [0, 0.1) is 0 Å². The molecule has 4 aromatic carbocycles. The van der Waals surface area contributed by atoms with E-state index in [0.29, 0.717) is 4.63 Å². The average molecular weight is 630 g/mol. The van der Waals surface area contributed by atoms with Crippen molar-refractivity contribution in [1.82, 2.24) is 0 Å². The SMILES string of the molecule is [Br][Ni]([Br])[CH](CCP(c1ccccc1)c1ccccc1)P(c1ccccc1)c1ccccc1. The number of hydrogen-bond donors (Lipinski definition) is 0. The van der Waals surface area contributed by atoms with Gasteiger partial charge >= 0.3 is 214 Å². The van der Waals surface area contributed by atoms with Gasteiger partial charge in [-0.15, -0.1) is 0 Å². The summed E-state index contributed by atoms with van der Waals surface area (Å²) in [7, 11) is -1.08. The summed E-state index contributed by atoms with van der Waals surface area (Å²) in [4.78, 5) is 0. The summed E-state index contributed by atoms with van der Waals surface area (Å²) in [6.45, 7) is 0. The fourth-order valence-electron chi connectivity index (χ4n) is 3.74. The molecule has 5 heteroatoms. The monoisotopic (exact) mass is 627 g/mol. The minimum absolute atomic E-state index is 0.201. The number of benzene rings is 4. The first kappa shape index (κ1) is 24.3. The zero-order valence-corrected chi connectivity index (χ0v) is 23.5. The van der Waals surface area contributed by atoms with Crippen molar-refractivity contribution in [2.24, 2.45) is 0 Å². The molecule has 0 aliphatic heterocycles. The van der Waals surface area contributed by atoms with E-state index >= 15 is 0 Å². The van der Waals surface area contributed by atoms with E-state index in [2.05, 4.69) is 150 Å². The average Bonchev–Trinajstić information content (AvgIpc) is 2.86. The van der Waals surface area contributed by atoms with Crippen molar-refractivity contribution in [3.8, 4) is 0 Å². The van der Waals surface area contributed by atoms with Crippen molar-refractivity contribution >= 4 is 65.5 Å². The Morgan fingerprint density at radius 3 is 1.22 bits per heavy atom. The molecule has 0 saturated carbocycles. The van der Waals surface area contributed by atoms with Crippen LogP contribution in [0.3, 0.4) is 0 Å². The Labute approximate surface area is 212 Å². The molecule has 167 valence electrons. The van der Waals surface area contributed by atoms with Crippen LogP contribution < -0.4 is 21.2 Å². The third-order valence-corrected chi connectivity index (χ3v) is 17.2. The van der Waals surface area contributed by atoms with Crippen molar-refractivity contribution in [3.05, 3.63) is 121 Å². The van der Waals surface area contributed by atoms with Gasteiger partial charge in [0, 0.05) is 0 Å². The van der Waals surface area contributed by atoms with Gasteiger partial charge in [0.25, 0.3) is 0 Å². The standard InChI is InChI=1S/C27H25P2.2BrH.Ni/c1-5-14-24(15-6-1)28(25-16-7-2-8-17-25)22-13-23-29(26-18-9-3-10-19-26)27-20-11-4-12-21-27;;;/h1-12,14-22H,13,23H2;2*1H;/q;;;+2/p-2. The van der Waals surface area contributed by atoms with Crippen LogP contribution in [0.25, 0.3) is 0 Å². The molecule has 4 aromatic rings. The Kier molecular flexibility index (Phi) is 9.58. The third kappa shape index (κ3) is 6.40. The molecule has 0 radical (unpaired) electrons. The summed E-state index contributed by atoms with van der Waals surface area (Å²) in [6, 6.07) is 44.3. The molecule has 0 saturated heterocycles. The Bertz CT molecular complexity index is 985. The predicted octanol–water partition coefficient (Wildman–Crippen LogP) is 7.21. The first-order valence-corrected chi connectivity index (χ1v) is 18.8. The van der Waals surface area contributed by atoms with Crippen LogP contribution in [0.1, 0.15) is 6.42 Å². The van der Waals surface area contributed by atoms with Gasteiger partial charge in [-0.1, -0.05) is 0 Å². The molecule has 1 atom stereocenters. The molecule has 1 unspecified atom stereocenters. The Morgan fingerprint density at radius 1 is 0.531 bits per heavy atom. The van der Waals surface area contributed by atoms with E-state index < -0.39 is 15.8 Å². The summed E-state index contributed by atoms with van der Waals surface area (Å²) >= 11 is 7.96. The van der Waals surface area contributed by atoms with Gasteiger partial charge in [-0.25, -0.2) is 0 Å². The zero-order valence-electron chi connectivity index (χ0n) is 17.5. The molecule has 0 spiro atoms. The van der Waals surface area contributed by atoms with E-state index in [0.717, 1.165) is 6.42 Å². The van der Waals surface area contributed by atoms with Gasteiger partial charge < -0.3 is 0 Å². The van der Waals surface area contributed by atoms with Gasteiger partial charge in [-0.05, 0) is 0 Å². The molecule has 0 N–H and O–H groups in total. The summed E-state index contributed by atoms with van der Waals surface area (Å²) in [5.74, 6) is 0. The molecular formula is C27H25Br2NiP2. The zero-order chi connectivity index (χ0) is 22.2. The number of rotatable bonds is 9. The third-order valence-electron chi connectivity index (χ3n) is 5.20. The maximum atomic E-state index is 3.98. The van der Waals surface area contributed by atoms with Gasteiger partial charge in [0.05, 0.1) is 0 Å². The van der Waals surface area contributed by atoms with Crippen LogP contribution >= 0.6 is 44.3 Å². The first-order valence-electron chi connectivity index (χ1n) is 10.4. The van der Waals surface area contributed by atoms with Crippen molar-refractivity contribution < 1.29 is 9.87 Å². The van der Waals surface area contributed by atoms with Crippen LogP contribution in [-0.2, 0) is 9.87 Å². The fraction of sp³-hybridized carbons (Fsp3) is 0.111. The molecule has 0 aliphatic rings. The molecule has 0 fully saturated rings. The van der Waals surface area contributed by atoms with Crippen LogP contribution in [0.5, 0.6) is 0 Å². The molecule has 0 heterocycles. The summed E-state index contributed by atoms with van der Waals surface area (Å²) in [5, 5.41) is 5.81. The molecule has 0 aliphatic carbocycles. The van der Waals surface area contributed by atoms with Crippen molar-refractivity contribution in [2.45, 2.75) is 11.0 Å². The molecule has 0 aromatic heterocycles. The van der Waals surface area contributed by atoms with Crippen LogP contribution in [0.15, 0.2) is 121 Å². The van der Waals surface area contributed by atoms with Gasteiger partial charge in [-0.3, -0.25) is 0 Å². The van der Waals surface area contributed by atoms with E-state index in [1.54, 1.807) is 0 Å². The van der Waals surface area contributed by atoms with Gasteiger partial charge in [0.15, 0.2) is 0 Å². The van der Waals surface area contributed by atoms with E-state index in [9.17, 15) is 0 Å². The second-order valence-corrected chi connectivity index (χ2v) is 20.8. The summed E-state index contributed by atoms with van der Waals surface area (Å²) < 4.78 is 0.521. The maximum absolute atomic E-state index is 3.98. The molecule has 4 rings (SSSR count). The quantitative estimate of drug-likeness (QED) is 0.136. The second-order valence-electron chi connectivity index (χ2n) is 7.23. The Hall–Kier alpha value is -0.806. The van der Waals surface area contributed by atoms with E-state index in [4.69, 9.17) is 0 Å². The number of hydrogen-bond acceptors (Lipinski definition) is 0. The predicted molar refractivity (Wildman–Crippen MR) is 149 cm³/mol. The molecule has 0 bridgehead atoms.